The fourth-order valence-electron chi connectivity index (χ4n) is 3.65. The molecule has 3 amide bonds. The summed E-state index contributed by atoms with van der Waals surface area (Å²) in [6.45, 7) is 6.11. The predicted molar refractivity (Wildman–Crippen MR) is 132 cm³/mol. The molecule has 9 heteroatoms. The van der Waals surface area contributed by atoms with E-state index in [9.17, 15) is 24.9 Å². The molecular weight excluding hydrogens is 436 g/mol. The second kappa shape index (κ2) is 12.4. The van der Waals surface area contributed by atoms with Gasteiger partial charge in [-0.25, -0.2) is 4.79 Å². The van der Waals surface area contributed by atoms with Crippen molar-refractivity contribution in [1.29, 1.82) is 0 Å². The van der Waals surface area contributed by atoms with Crippen LogP contribution < -0.4 is 21.7 Å². The van der Waals surface area contributed by atoms with Crippen molar-refractivity contribution in [3.05, 3.63) is 59.2 Å². The molecule has 0 fully saturated rings. The molecule has 0 heterocycles. The number of carbonyl (C=O) groups is 2. The number of nitrogens with one attached hydrogen (secondary N) is 3. The Morgan fingerprint density at radius 3 is 2.47 bits per heavy atom. The van der Waals surface area contributed by atoms with Crippen LogP contribution in [0.25, 0.3) is 0 Å². The number of hydrogen-bond donors (Lipinski definition) is 7. The third kappa shape index (κ3) is 8.66. The first-order valence-corrected chi connectivity index (χ1v) is 11.3. The molecule has 8 N–H and O–H groups in total. The molecule has 2 rings (SSSR count). The summed E-state index contributed by atoms with van der Waals surface area (Å²) in [6.07, 6.45) is 0.690. The summed E-state index contributed by atoms with van der Waals surface area (Å²) in [5.74, 6) is -0.268. The first-order valence-electron chi connectivity index (χ1n) is 11.3. The topological polar surface area (TPSA) is 157 Å². The van der Waals surface area contributed by atoms with Crippen molar-refractivity contribution in [2.24, 2.45) is 5.73 Å². The summed E-state index contributed by atoms with van der Waals surface area (Å²) >= 11 is 0. The average molecular weight is 473 g/mol. The Bertz CT molecular complexity index is 976. The Morgan fingerprint density at radius 2 is 1.82 bits per heavy atom. The summed E-state index contributed by atoms with van der Waals surface area (Å²) in [7, 11) is 0. The lowest BCUT2D eigenvalue weighted by molar-refractivity contribution is -0.121. The van der Waals surface area contributed by atoms with Gasteiger partial charge in [0.2, 0.25) is 5.91 Å². The van der Waals surface area contributed by atoms with Gasteiger partial charge >= 0.3 is 6.03 Å². The summed E-state index contributed by atoms with van der Waals surface area (Å²) in [5, 5.41) is 38.2. The SMILES string of the molecule is CC[C@H](CO)NC(=O)Cc1cccc(CC(C)(C)NC[C@H](O)c2ccc(O)c(NC(N)=O)c2)c1. The number of rotatable bonds is 12. The molecule has 9 nitrogen and oxygen atoms in total. The highest BCUT2D eigenvalue weighted by Gasteiger charge is 2.21. The number of aliphatic hydroxyl groups is 2. The first-order chi connectivity index (χ1) is 16.0. The molecule has 0 aliphatic rings. The smallest absolute Gasteiger partial charge is 0.316 e. The zero-order valence-electron chi connectivity index (χ0n) is 20.0. The lowest BCUT2D eigenvalue weighted by Gasteiger charge is -2.28. The Kier molecular flexibility index (Phi) is 9.85. The number of nitrogens with two attached hydrogens (primary N) is 1. The van der Waals surface area contributed by atoms with Crippen molar-refractivity contribution in [3.63, 3.8) is 0 Å². The minimum Gasteiger partial charge on any atom is -0.506 e. The van der Waals surface area contributed by atoms with Gasteiger partial charge in [-0.05, 0) is 55.5 Å². The van der Waals surface area contributed by atoms with E-state index in [0.717, 1.165) is 11.1 Å². The van der Waals surface area contributed by atoms with Crippen molar-refractivity contribution in [3.8, 4) is 5.75 Å². The molecule has 2 aromatic carbocycles. The third-order valence-corrected chi connectivity index (χ3v) is 5.52. The van der Waals surface area contributed by atoms with Gasteiger partial charge in [0, 0.05) is 12.1 Å². The van der Waals surface area contributed by atoms with Crippen molar-refractivity contribution < 1.29 is 24.9 Å². The van der Waals surface area contributed by atoms with Crippen LogP contribution in [-0.2, 0) is 17.6 Å². The summed E-state index contributed by atoms with van der Waals surface area (Å²) in [6, 6.07) is 11.2. The van der Waals surface area contributed by atoms with Gasteiger partial charge in [-0.15, -0.1) is 0 Å². The number of amides is 3. The van der Waals surface area contributed by atoms with Crippen LogP contribution >= 0.6 is 0 Å². The van der Waals surface area contributed by atoms with Crippen LogP contribution in [-0.4, -0.2) is 52.0 Å². The monoisotopic (exact) mass is 472 g/mol. The van der Waals surface area contributed by atoms with Gasteiger partial charge in [0.25, 0.3) is 0 Å². The number of aromatic hydroxyl groups is 1. The quantitative estimate of drug-likeness (QED) is 0.234. The number of β-amino-alcohol motifs (C(OH)–C–C–N with tert-alkyl or cyclic N) is 1. The molecule has 0 bridgehead atoms. The normalized spacial score (nSPS) is 13.2. The number of anilines is 1. The van der Waals surface area contributed by atoms with E-state index >= 15 is 0 Å². The lowest BCUT2D eigenvalue weighted by Crippen LogP contribution is -2.43. The van der Waals surface area contributed by atoms with Crippen LogP contribution in [0.2, 0.25) is 0 Å². The number of carbonyl (C=O) groups excluding carboxylic acids is 2. The van der Waals surface area contributed by atoms with Crippen LogP contribution in [0.3, 0.4) is 0 Å². The number of urea groups is 1. The number of aliphatic hydroxyl groups excluding tert-OH is 2. The maximum atomic E-state index is 12.2. The largest absolute Gasteiger partial charge is 0.506 e. The number of primary amides is 1. The second-order valence-electron chi connectivity index (χ2n) is 9.08. The summed E-state index contributed by atoms with van der Waals surface area (Å²) < 4.78 is 0. The van der Waals surface area contributed by atoms with E-state index in [2.05, 4.69) is 16.0 Å². The van der Waals surface area contributed by atoms with Gasteiger partial charge in [0.1, 0.15) is 5.75 Å². The molecule has 0 unspecified atom stereocenters. The molecular formula is C25H36N4O5. The lowest BCUT2D eigenvalue weighted by atomic mass is 9.93. The molecule has 0 saturated heterocycles. The highest BCUT2D eigenvalue weighted by molar-refractivity contribution is 5.89. The zero-order chi connectivity index (χ0) is 25.3. The Morgan fingerprint density at radius 1 is 1.12 bits per heavy atom. The molecule has 2 aromatic rings. The van der Waals surface area contributed by atoms with E-state index in [1.807, 2.05) is 45.0 Å². The first kappa shape index (κ1) is 27.1. The molecule has 0 aliphatic heterocycles. The highest BCUT2D eigenvalue weighted by Crippen LogP contribution is 2.27. The molecule has 34 heavy (non-hydrogen) atoms. The van der Waals surface area contributed by atoms with E-state index in [0.29, 0.717) is 18.4 Å². The fourth-order valence-corrected chi connectivity index (χ4v) is 3.65. The minimum atomic E-state index is -0.874. The maximum Gasteiger partial charge on any atom is 0.316 e. The van der Waals surface area contributed by atoms with Crippen molar-refractivity contribution in [2.45, 2.75) is 57.7 Å². The minimum absolute atomic E-state index is 0.0822. The van der Waals surface area contributed by atoms with Crippen LogP contribution in [0.1, 0.15) is 50.0 Å². The zero-order valence-corrected chi connectivity index (χ0v) is 20.0. The van der Waals surface area contributed by atoms with Gasteiger partial charge in [-0.3, -0.25) is 4.79 Å². The van der Waals surface area contributed by atoms with Crippen molar-refractivity contribution in [1.82, 2.24) is 10.6 Å². The molecule has 186 valence electrons. The Labute approximate surface area is 200 Å². The standard InChI is InChI=1S/C25H36N4O5/c1-4-19(15-30)28-23(33)11-16-6-5-7-17(10-16)13-25(2,3)27-14-22(32)18-8-9-21(31)20(12-18)29-24(26)34/h5-10,12,19,22,27,30-32H,4,11,13-15H2,1-3H3,(H,28,33)(H3,26,29,34)/t19-,22+/m1/s1. The Balaban J connectivity index is 1.97. The molecule has 2 atom stereocenters. The molecule has 0 saturated carbocycles. The second-order valence-corrected chi connectivity index (χ2v) is 9.08. The van der Waals surface area contributed by atoms with Crippen molar-refractivity contribution in [2.75, 3.05) is 18.5 Å². The van der Waals surface area contributed by atoms with Crippen LogP contribution in [0, 0.1) is 0 Å². The van der Waals surface area contributed by atoms with E-state index in [-0.39, 0.29) is 48.5 Å². The average Bonchev–Trinajstić information content (AvgIpc) is 2.77. The van der Waals surface area contributed by atoms with Crippen LogP contribution in [0.4, 0.5) is 10.5 Å². The van der Waals surface area contributed by atoms with Crippen molar-refractivity contribution >= 4 is 17.6 Å². The van der Waals surface area contributed by atoms with Gasteiger partial charge in [0.05, 0.1) is 30.9 Å². The summed E-state index contributed by atoms with van der Waals surface area (Å²) in [4.78, 5) is 23.3. The number of phenols is 1. The highest BCUT2D eigenvalue weighted by atomic mass is 16.3. The predicted octanol–water partition coefficient (Wildman–Crippen LogP) is 1.96. The van der Waals surface area contributed by atoms with Crippen LogP contribution in [0.15, 0.2) is 42.5 Å². The van der Waals surface area contributed by atoms with E-state index < -0.39 is 12.1 Å². The van der Waals surface area contributed by atoms with E-state index in [4.69, 9.17) is 5.73 Å². The van der Waals surface area contributed by atoms with Gasteiger partial charge in [0.15, 0.2) is 0 Å². The molecule has 0 radical (unpaired) electrons. The maximum absolute atomic E-state index is 12.2. The molecule has 0 aromatic heterocycles. The van der Waals surface area contributed by atoms with E-state index in [1.165, 1.54) is 12.1 Å². The number of benzene rings is 2. The summed E-state index contributed by atoms with van der Waals surface area (Å²) in [5.41, 5.74) is 7.33. The van der Waals surface area contributed by atoms with Gasteiger partial charge in [-0.2, -0.15) is 0 Å². The Hall–Kier alpha value is -3.14. The fraction of sp³-hybridized carbons (Fsp3) is 0.440. The third-order valence-electron chi connectivity index (χ3n) is 5.52. The van der Waals surface area contributed by atoms with Crippen LogP contribution in [0.5, 0.6) is 5.75 Å². The van der Waals surface area contributed by atoms with Gasteiger partial charge in [-0.1, -0.05) is 37.3 Å². The molecule has 0 spiro atoms. The number of phenolic OH excluding ortho intramolecular Hbond substituents is 1. The molecule has 0 aliphatic carbocycles. The van der Waals surface area contributed by atoms with E-state index in [1.54, 1.807) is 6.07 Å². The number of hydrogen-bond acceptors (Lipinski definition) is 6. The van der Waals surface area contributed by atoms with Gasteiger partial charge < -0.3 is 37.0 Å².